The quantitative estimate of drug-likeness (QED) is 0.791. The third kappa shape index (κ3) is 6.32. The SMILES string of the molecule is CC(C)N[C@@H](CC(=O)OC(C)(C)C)[C@@H]1OC(C)(C)O[C@H]1C. The van der Waals surface area contributed by atoms with Crippen LogP contribution in [0.3, 0.4) is 0 Å². The van der Waals surface area contributed by atoms with Crippen LogP contribution in [0.1, 0.15) is 61.8 Å². The lowest BCUT2D eigenvalue weighted by molar-refractivity contribution is -0.160. The van der Waals surface area contributed by atoms with Crippen molar-refractivity contribution in [3.8, 4) is 0 Å². The molecule has 1 heterocycles. The van der Waals surface area contributed by atoms with Crippen molar-refractivity contribution in [2.24, 2.45) is 0 Å². The number of ether oxygens (including phenoxy) is 3. The van der Waals surface area contributed by atoms with Gasteiger partial charge in [-0.05, 0) is 41.5 Å². The first kappa shape index (κ1) is 18.4. The lowest BCUT2D eigenvalue weighted by Gasteiger charge is -2.29. The molecule has 0 spiro atoms. The number of rotatable bonds is 5. The molecule has 1 aliphatic heterocycles. The lowest BCUT2D eigenvalue weighted by atomic mass is 10.0. The number of carbonyl (C=O) groups is 1. The standard InChI is InChI=1S/C16H31NO4/c1-10(2)17-12(9-13(18)20-15(4,5)6)14-11(3)19-16(7,8)21-14/h10-12,14,17H,9H2,1-8H3/t11-,12-,14+/m0/s1. The molecule has 0 amide bonds. The second kappa shape index (κ2) is 6.63. The molecule has 124 valence electrons. The van der Waals surface area contributed by atoms with Crippen molar-refractivity contribution in [1.82, 2.24) is 5.32 Å². The van der Waals surface area contributed by atoms with E-state index in [0.717, 1.165) is 0 Å². The van der Waals surface area contributed by atoms with Gasteiger partial charge in [-0.15, -0.1) is 0 Å². The van der Waals surface area contributed by atoms with Gasteiger partial charge < -0.3 is 19.5 Å². The van der Waals surface area contributed by atoms with Gasteiger partial charge in [-0.2, -0.15) is 0 Å². The maximum absolute atomic E-state index is 12.1. The molecule has 0 bridgehead atoms. The van der Waals surface area contributed by atoms with Crippen molar-refractivity contribution >= 4 is 5.97 Å². The number of nitrogens with one attached hydrogen (secondary N) is 1. The molecule has 0 aromatic carbocycles. The molecule has 0 unspecified atom stereocenters. The molecule has 0 aromatic heterocycles. The number of carbonyl (C=O) groups excluding carboxylic acids is 1. The Morgan fingerprint density at radius 1 is 1.29 bits per heavy atom. The molecule has 1 aliphatic rings. The summed E-state index contributed by atoms with van der Waals surface area (Å²) < 4.78 is 17.2. The van der Waals surface area contributed by atoms with E-state index in [1.807, 2.05) is 55.4 Å². The second-order valence-electron chi connectivity index (χ2n) is 7.52. The molecular weight excluding hydrogens is 270 g/mol. The monoisotopic (exact) mass is 301 g/mol. The van der Waals surface area contributed by atoms with Crippen LogP contribution in [0.2, 0.25) is 0 Å². The van der Waals surface area contributed by atoms with E-state index in [1.165, 1.54) is 0 Å². The van der Waals surface area contributed by atoms with E-state index in [9.17, 15) is 4.79 Å². The average Bonchev–Trinajstić information content (AvgIpc) is 2.47. The molecule has 1 N–H and O–H groups in total. The molecule has 0 aliphatic carbocycles. The van der Waals surface area contributed by atoms with Gasteiger partial charge in [0, 0.05) is 12.1 Å². The molecular formula is C16H31NO4. The van der Waals surface area contributed by atoms with Crippen molar-refractivity contribution < 1.29 is 19.0 Å². The van der Waals surface area contributed by atoms with Gasteiger partial charge in [-0.1, -0.05) is 13.8 Å². The summed E-state index contributed by atoms with van der Waals surface area (Å²) >= 11 is 0. The minimum atomic E-state index is -0.616. The Morgan fingerprint density at radius 2 is 1.86 bits per heavy atom. The summed E-state index contributed by atoms with van der Waals surface area (Å²) in [6.07, 6.45) is 0.0257. The largest absolute Gasteiger partial charge is 0.460 e. The zero-order valence-corrected chi connectivity index (χ0v) is 14.6. The highest BCUT2D eigenvalue weighted by atomic mass is 16.8. The fourth-order valence-electron chi connectivity index (χ4n) is 2.64. The van der Waals surface area contributed by atoms with Crippen LogP contribution < -0.4 is 5.32 Å². The Bertz CT molecular complexity index is 360. The van der Waals surface area contributed by atoms with Gasteiger partial charge in [0.2, 0.25) is 0 Å². The van der Waals surface area contributed by atoms with Gasteiger partial charge in [-0.25, -0.2) is 0 Å². The van der Waals surface area contributed by atoms with Crippen LogP contribution in [0.4, 0.5) is 0 Å². The Labute approximate surface area is 128 Å². The normalized spacial score (nSPS) is 26.9. The van der Waals surface area contributed by atoms with Crippen LogP contribution in [0.5, 0.6) is 0 Å². The fourth-order valence-corrected chi connectivity index (χ4v) is 2.64. The molecule has 0 aromatic rings. The summed E-state index contributed by atoms with van der Waals surface area (Å²) in [6, 6.07) is 0.119. The highest BCUT2D eigenvalue weighted by Crippen LogP contribution is 2.31. The van der Waals surface area contributed by atoms with E-state index in [-0.39, 0.29) is 36.7 Å². The zero-order valence-electron chi connectivity index (χ0n) is 14.6. The van der Waals surface area contributed by atoms with Crippen LogP contribution in [-0.4, -0.2) is 41.6 Å². The van der Waals surface area contributed by atoms with Gasteiger partial charge in [-0.3, -0.25) is 4.79 Å². The van der Waals surface area contributed by atoms with E-state index in [2.05, 4.69) is 5.32 Å². The summed E-state index contributed by atoms with van der Waals surface area (Å²) in [6.45, 7) is 15.5. The van der Waals surface area contributed by atoms with Crippen LogP contribution in [0, 0.1) is 0 Å². The van der Waals surface area contributed by atoms with Crippen molar-refractivity contribution in [2.45, 2.75) is 97.5 Å². The highest BCUT2D eigenvalue weighted by Gasteiger charge is 2.43. The van der Waals surface area contributed by atoms with E-state index in [0.29, 0.717) is 0 Å². The molecule has 0 saturated carbocycles. The molecule has 21 heavy (non-hydrogen) atoms. The third-order valence-electron chi connectivity index (χ3n) is 3.10. The first-order valence-corrected chi connectivity index (χ1v) is 7.73. The van der Waals surface area contributed by atoms with E-state index in [1.54, 1.807) is 0 Å². The smallest absolute Gasteiger partial charge is 0.307 e. The molecule has 5 heteroatoms. The van der Waals surface area contributed by atoms with Crippen LogP contribution in [0.15, 0.2) is 0 Å². The summed E-state index contributed by atoms with van der Waals surface area (Å²) in [7, 11) is 0. The third-order valence-corrected chi connectivity index (χ3v) is 3.10. The molecule has 5 nitrogen and oxygen atoms in total. The summed E-state index contributed by atoms with van der Waals surface area (Å²) in [4.78, 5) is 12.1. The Morgan fingerprint density at radius 3 is 2.24 bits per heavy atom. The summed E-state index contributed by atoms with van der Waals surface area (Å²) in [5, 5.41) is 3.40. The molecule has 1 fully saturated rings. The number of hydrogen-bond acceptors (Lipinski definition) is 5. The Balaban J connectivity index is 2.75. The highest BCUT2D eigenvalue weighted by molar-refractivity contribution is 5.70. The van der Waals surface area contributed by atoms with Crippen LogP contribution in [-0.2, 0) is 19.0 Å². The molecule has 1 rings (SSSR count). The number of hydrogen-bond donors (Lipinski definition) is 1. The first-order valence-electron chi connectivity index (χ1n) is 7.73. The predicted octanol–water partition coefficient (Wildman–Crippen LogP) is 2.62. The average molecular weight is 301 g/mol. The van der Waals surface area contributed by atoms with E-state index >= 15 is 0 Å². The first-order chi connectivity index (χ1) is 9.39. The zero-order chi connectivity index (χ0) is 16.4. The van der Waals surface area contributed by atoms with Gasteiger partial charge in [0.15, 0.2) is 5.79 Å². The van der Waals surface area contributed by atoms with Crippen LogP contribution >= 0.6 is 0 Å². The van der Waals surface area contributed by atoms with Gasteiger partial charge in [0.05, 0.1) is 12.5 Å². The van der Waals surface area contributed by atoms with Crippen molar-refractivity contribution in [3.05, 3.63) is 0 Å². The Hall–Kier alpha value is -0.650. The lowest BCUT2D eigenvalue weighted by Crippen LogP contribution is -2.49. The molecule has 0 radical (unpaired) electrons. The minimum Gasteiger partial charge on any atom is -0.460 e. The topological polar surface area (TPSA) is 56.8 Å². The van der Waals surface area contributed by atoms with Gasteiger partial charge in [0.1, 0.15) is 11.7 Å². The molecule has 1 saturated heterocycles. The minimum absolute atomic E-state index is 0.0707. The summed E-state index contributed by atoms with van der Waals surface area (Å²) in [5.74, 6) is -0.837. The van der Waals surface area contributed by atoms with E-state index < -0.39 is 11.4 Å². The van der Waals surface area contributed by atoms with Crippen molar-refractivity contribution in [3.63, 3.8) is 0 Å². The maximum atomic E-state index is 12.1. The maximum Gasteiger partial charge on any atom is 0.307 e. The van der Waals surface area contributed by atoms with Gasteiger partial charge in [0.25, 0.3) is 0 Å². The molecule has 3 atom stereocenters. The van der Waals surface area contributed by atoms with E-state index in [4.69, 9.17) is 14.2 Å². The number of esters is 1. The summed E-state index contributed by atoms with van der Waals surface area (Å²) in [5.41, 5.74) is -0.475. The predicted molar refractivity (Wildman–Crippen MR) is 82.0 cm³/mol. The van der Waals surface area contributed by atoms with Crippen LogP contribution in [0.25, 0.3) is 0 Å². The second-order valence-corrected chi connectivity index (χ2v) is 7.52. The van der Waals surface area contributed by atoms with Gasteiger partial charge >= 0.3 is 5.97 Å². The van der Waals surface area contributed by atoms with Crippen molar-refractivity contribution in [2.75, 3.05) is 0 Å². The fraction of sp³-hybridized carbons (Fsp3) is 0.938. The Kier molecular flexibility index (Phi) is 5.81. The van der Waals surface area contributed by atoms with Crippen molar-refractivity contribution in [1.29, 1.82) is 0 Å².